The second-order valence-corrected chi connectivity index (χ2v) is 5.88. The van der Waals surface area contributed by atoms with Gasteiger partial charge in [0.25, 0.3) is 0 Å². The number of hydrogen-bond acceptors (Lipinski definition) is 4. The van der Waals surface area contributed by atoms with Gasteiger partial charge in [0.2, 0.25) is 0 Å². The van der Waals surface area contributed by atoms with E-state index in [0.717, 1.165) is 51.5 Å². The minimum atomic E-state index is 0.350. The van der Waals surface area contributed by atoms with E-state index in [-0.39, 0.29) is 0 Å². The molecule has 5 heteroatoms. The average Bonchev–Trinajstić information content (AvgIpc) is 2.97. The van der Waals surface area contributed by atoms with E-state index in [1.165, 1.54) is 5.56 Å². The molecule has 0 radical (unpaired) electrons. The number of nitrogens with zero attached hydrogens (tertiary/aromatic N) is 4. The number of aromatic nitrogens is 2. The lowest BCUT2D eigenvalue weighted by molar-refractivity contribution is 0.121. The Morgan fingerprint density at radius 1 is 1.05 bits per heavy atom. The van der Waals surface area contributed by atoms with Gasteiger partial charge in [-0.3, -0.25) is 14.5 Å². The van der Waals surface area contributed by atoms with Gasteiger partial charge in [-0.2, -0.15) is 5.10 Å². The van der Waals surface area contributed by atoms with Crippen LogP contribution >= 0.6 is 0 Å². The quantitative estimate of drug-likeness (QED) is 0.916. The van der Waals surface area contributed by atoms with E-state index in [0.29, 0.717) is 5.75 Å². The number of piperazine rings is 1. The van der Waals surface area contributed by atoms with Crippen molar-refractivity contribution in [2.75, 3.05) is 26.2 Å². The van der Waals surface area contributed by atoms with E-state index in [1.807, 2.05) is 23.0 Å². The first kappa shape index (κ1) is 15.1. The van der Waals surface area contributed by atoms with Crippen molar-refractivity contribution in [3.8, 4) is 5.75 Å². The summed E-state index contributed by atoms with van der Waals surface area (Å²) in [5.74, 6) is 0.350. The Morgan fingerprint density at radius 2 is 1.77 bits per heavy atom. The zero-order valence-corrected chi connectivity index (χ0v) is 13.1. The third kappa shape index (κ3) is 3.87. The highest BCUT2D eigenvalue weighted by Gasteiger charge is 2.17. The fourth-order valence-electron chi connectivity index (χ4n) is 2.91. The standard InChI is InChI=1S/C17H24N4O/c1-2-21-7-6-16(18-21)14-20-10-8-19(9-11-20)13-15-4-3-5-17(22)12-15/h3-7,12,22H,2,8-11,13-14H2,1H3. The van der Waals surface area contributed by atoms with Crippen molar-refractivity contribution in [1.29, 1.82) is 0 Å². The molecule has 0 atom stereocenters. The Bertz CT molecular complexity index is 602. The summed E-state index contributed by atoms with van der Waals surface area (Å²) in [5, 5.41) is 14.1. The average molecular weight is 300 g/mol. The lowest BCUT2D eigenvalue weighted by Gasteiger charge is -2.34. The van der Waals surface area contributed by atoms with E-state index in [1.54, 1.807) is 6.07 Å². The van der Waals surface area contributed by atoms with Gasteiger partial charge in [-0.1, -0.05) is 12.1 Å². The number of aryl methyl sites for hydroxylation is 1. The lowest BCUT2D eigenvalue weighted by Crippen LogP contribution is -2.45. The molecule has 0 bridgehead atoms. The molecule has 1 N–H and O–H groups in total. The molecule has 1 aliphatic rings. The molecule has 2 heterocycles. The summed E-state index contributed by atoms with van der Waals surface area (Å²) in [6, 6.07) is 9.66. The summed E-state index contributed by atoms with van der Waals surface area (Å²) >= 11 is 0. The maximum atomic E-state index is 9.54. The van der Waals surface area contributed by atoms with Gasteiger partial charge in [-0.15, -0.1) is 0 Å². The van der Waals surface area contributed by atoms with E-state index in [2.05, 4.69) is 34.0 Å². The van der Waals surface area contributed by atoms with Crippen LogP contribution in [0.4, 0.5) is 0 Å². The Labute approximate surface area is 131 Å². The predicted molar refractivity (Wildman–Crippen MR) is 86.6 cm³/mol. The molecule has 1 aromatic carbocycles. The molecule has 118 valence electrons. The molecule has 1 aromatic heterocycles. The van der Waals surface area contributed by atoms with Gasteiger partial charge >= 0.3 is 0 Å². The number of hydrogen-bond donors (Lipinski definition) is 1. The SMILES string of the molecule is CCn1ccc(CN2CCN(Cc3cccc(O)c3)CC2)n1. The van der Waals surface area contributed by atoms with E-state index in [9.17, 15) is 5.11 Å². The summed E-state index contributed by atoms with van der Waals surface area (Å²) in [4.78, 5) is 4.90. The summed E-state index contributed by atoms with van der Waals surface area (Å²) < 4.78 is 1.98. The largest absolute Gasteiger partial charge is 0.508 e. The van der Waals surface area contributed by atoms with Gasteiger partial charge in [0, 0.05) is 52.0 Å². The van der Waals surface area contributed by atoms with Crippen molar-refractivity contribution < 1.29 is 5.11 Å². The maximum absolute atomic E-state index is 9.54. The highest BCUT2D eigenvalue weighted by Crippen LogP contribution is 2.15. The molecule has 0 unspecified atom stereocenters. The fraction of sp³-hybridized carbons (Fsp3) is 0.471. The summed E-state index contributed by atoms with van der Waals surface area (Å²) in [5.41, 5.74) is 2.33. The van der Waals surface area contributed by atoms with E-state index in [4.69, 9.17) is 0 Å². The Balaban J connectivity index is 1.47. The lowest BCUT2D eigenvalue weighted by atomic mass is 10.2. The Morgan fingerprint density at radius 3 is 2.41 bits per heavy atom. The number of benzene rings is 1. The first-order valence-corrected chi connectivity index (χ1v) is 7.98. The summed E-state index contributed by atoms with van der Waals surface area (Å²) in [7, 11) is 0. The van der Waals surface area contributed by atoms with E-state index >= 15 is 0 Å². The maximum Gasteiger partial charge on any atom is 0.115 e. The van der Waals surface area contributed by atoms with Crippen LogP contribution in [0.3, 0.4) is 0 Å². The van der Waals surface area contributed by atoms with Crippen molar-refractivity contribution in [3.05, 3.63) is 47.8 Å². The van der Waals surface area contributed by atoms with Crippen LogP contribution in [0.5, 0.6) is 5.75 Å². The monoisotopic (exact) mass is 300 g/mol. The van der Waals surface area contributed by atoms with Crippen LogP contribution in [0, 0.1) is 0 Å². The first-order valence-electron chi connectivity index (χ1n) is 7.98. The summed E-state index contributed by atoms with van der Waals surface area (Å²) in [6.07, 6.45) is 2.05. The van der Waals surface area contributed by atoms with Crippen LogP contribution in [-0.4, -0.2) is 50.9 Å². The topological polar surface area (TPSA) is 44.5 Å². The van der Waals surface area contributed by atoms with Gasteiger partial charge in [-0.05, 0) is 30.7 Å². The van der Waals surface area contributed by atoms with Crippen LogP contribution in [0.1, 0.15) is 18.2 Å². The highest BCUT2D eigenvalue weighted by molar-refractivity contribution is 5.27. The molecule has 1 saturated heterocycles. The first-order chi connectivity index (χ1) is 10.7. The smallest absolute Gasteiger partial charge is 0.115 e. The molecular weight excluding hydrogens is 276 g/mol. The third-order valence-electron chi connectivity index (χ3n) is 4.19. The molecule has 22 heavy (non-hydrogen) atoms. The van der Waals surface area contributed by atoms with E-state index < -0.39 is 0 Å². The summed E-state index contributed by atoms with van der Waals surface area (Å²) in [6.45, 7) is 9.14. The predicted octanol–water partition coefficient (Wildman–Crippen LogP) is 1.93. The van der Waals surface area contributed by atoms with Crippen molar-refractivity contribution in [2.24, 2.45) is 0 Å². The zero-order chi connectivity index (χ0) is 15.4. The van der Waals surface area contributed by atoms with Crippen molar-refractivity contribution in [3.63, 3.8) is 0 Å². The van der Waals surface area contributed by atoms with Crippen molar-refractivity contribution in [1.82, 2.24) is 19.6 Å². The molecule has 0 spiro atoms. The number of rotatable bonds is 5. The molecule has 3 rings (SSSR count). The van der Waals surface area contributed by atoms with Gasteiger partial charge in [-0.25, -0.2) is 0 Å². The van der Waals surface area contributed by atoms with Crippen LogP contribution in [0.2, 0.25) is 0 Å². The minimum absolute atomic E-state index is 0.350. The molecular formula is C17H24N4O. The molecule has 5 nitrogen and oxygen atoms in total. The molecule has 0 aliphatic carbocycles. The van der Waals surface area contributed by atoms with Crippen LogP contribution in [0.15, 0.2) is 36.5 Å². The number of phenolic OH excluding ortho intramolecular Hbond substituents is 1. The second kappa shape index (κ2) is 6.94. The Hall–Kier alpha value is -1.85. The normalized spacial score (nSPS) is 17.0. The second-order valence-electron chi connectivity index (χ2n) is 5.88. The molecule has 1 fully saturated rings. The highest BCUT2D eigenvalue weighted by atomic mass is 16.3. The number of phenols is 1. The van der Waals surface area contributed by atoms with Gasteiger partial charge in [0.1, 0.15) is 5.75 Å². The third-order valence-corrected chi connectivity index (χ3v) is 4.19. The molecule has 2 aromatic rings. The molecule has 0 saturated carbocycles. The number of aromatic hydroxyl groups is 1. The molecule has 0 amide bonds. The van der Waals surface area contributed by atoms with Gasteiger partial charge in [0.15, 0.2) is 0 Å². The minimum Gasteiger partial charge on any atom is -0.508 e. The van der Waals surface area contributed by atoms with Crippen LogP contribution < -0.4 is 0 Å². The zero-order valence-electron chi connectivity index (χ0n) is 13.1. The molecule has 1 aliphatic heterocycles. The van der Waals surface area contributed by atoms with Crippen molar-refractivity contribution in [2.45, 2.75) is 26.6 Å². The van der Waals surface area contributed by atoms with Crippen molar-refractivity contribution >= 4 is 0 Å². The van der Waals surface area contributed by atoms with Crippen LogP contribution in [-0.2, 0) is 19.6 Å². The van der Waals surface area contributed by atoms with Crippen LogP contribution in [0.25, 0.3) is 0 Å². The Kier molecular flexibility index (Phi) is 4.75. The van der Waals surface area contributed by atoms with Gasteiger partial charge < -0.3 is 5.11 Å². The van der Waals surface area contributed by atoms with Gasteiger partial charge in [0.05, 0.1) is 5.69 Å². The fourth-order valence-corrected chi connectivity index (χ4v) is 2.91.